The zero-order valence-corrected chi connectivity index (χ0v) is 17.7. The van der Waals surface area contributed by atoms with Crippen LogP contribution in [0.15, 0.2) is 77.7 Å². The van der Waals surface area contributed by atoms with E-state index in [9.17, 15) is 13.2 Å². The number of amides is 1. The smallest absolute Gasteiger partial charge is 0.261 e. The highest BCUT2D eigenvalue weighted by Gasteiger charge is 2.16. The number of hydrogen-bond acceptors (Lipinski definition) is 3. The number of aryl methyl sites for hydroxylation is 1. The summed E-state index contributed by atoms with van der Waals surface area (Å²) in [5.41, 5.74) is 3.06. The normalized spacial score (nSPS) is 11.1. The van der Waals surface area contributed by atoms with E-state index in [2.05, 4.69) is 4.72 Å². The first kappa shape index (κ1) is 20.9. The van der Waals surface area contributed by atoms with Gasteiger partial charge >= 0.3 is 0 Å². The number of carbonyl (C=O) groups is 1. The highest BCUT2D eigenvalue weighted by Crippen LogP contribution is 2.19. The second-order valence-electron chi connectivity index (χ2n) is 6.78. The van der Waals surface area contributed by atoms with Gasteiger partial charge in [-0.2, -0.15) is 0 Å². The third-order valence-corrected chi connectivity index (χ3v) is 6.04. The number of nitrogens with one attached hydrogen (secondary N) is 1. The van der Waals surface area contributed by atoms with Crippen LogP contribution in [-0.2, 0) is 16.6 Å². The Hall–Kier alpha value is -2.83. The summed E-state index contributed by atoms with van der Waals surface area (Å²) >= 11 is 5.80. The van der Waals surface area contributed by atoms with Gasteiger partial charge in [0, 0.05) is 29.9 Å². The Balaban J connectivity index is 1.68. The number of nitrogens with zero attached hydrogens (tertiary/aromatic N) is 1. The van der Waals surface area contributed by atoms with Gasteiger partial charge in [-0.1, -0.05) is 41.4 Å². The number of sulfonamides is 1. The summed E-state index contributed by atoms with van der Waals surface area (Å²) in [6.45, 7) is 2.51. The van der Waals surface area contributed by atoms with E-state index in [0.717, 1.165) is 5.56 Å². The molecule has 1 amide bonds. The lowest BCUT2D eigenvalue weighted by molar-refractivity contribution is 0.0785. The molecular weight excluding hydrogens is 408 g/mol. The Labute approximate surface area is 176 Å². The Bertz CT molecular complexity index is 1090. The van der Waals surface area contributed by atoms with Crippen LogP contribution in [0.5, 0.6) is 0 Å². The van der Waals surface area contributed by atoms with Crippen LogP contribution in [0, 0.1) is 6.92 Å². The standard InChI is InChI=1S/C22H21ClN2O3S/c1-16-3-5-17(6-4-16)15-25(2)22(26)18-7-11-20(12-8-18)24-29(27,28)21-13-9-19(23)10-14-21/h3-14,24H,15H2,1-2H3. The van der Waals surface area contributed by atoms with Gasteiger partial charge in [0.05, 0.1) is 4.90 Å². The van der Waals surface area contributed by atoms with Crippen LogP contribution in [0.3, 0.4) is 0 Å². The van der Waals surface area contributed by atoms with Crippen molar-refractivity contribution < 1.29 is 13.2 Å². The van der Waals surface area contributed by atoms with Gasteiger partial charge in [0.25, 0.3) is 15.9 Å². The van der Waals surface area contributed by atoms with Gasteiger partial charge in [-0.15, -0.1) is 0 Å². The molecule has 0 aliphatic rings. The van der Waals surface area contributed by atoms with Crippen molar-refractivity contribution in [1.82, 2.24) is 4.90 Å². The molecular formula is C22H21ClN2O3S. The maximum atomic E-state index is 12.6. The Morgan fingerprint density at radius 1 is 0.931 bits per heavy atom. The van der Waals surface area contributed by atoms with E-state index in [-0.39, 0.29) is 10.8 Å². The van der Waals surface area contributed by atoms with Crippen molar-refractivity contribution in [3.8, 4) is 0 Å². The average molecular weight is 429 g/mol. The fourth-order valence-electron chi connectivity index (χ4n) is 2.77. The quantitative estimate of drug-likeness (QED) is 0.617. The highest BCUT2D eigenvalue weighted by molar-refractivity contribution is 7.92. The second kappa shape index (κ2) is 8.68. The fraction of sp³-hybridized carbons (Fsp3) is 0.136. The van der Waals surface area contributed by atoms with Gasteiger partial charge < -0.3 is 4.90 Å². The van der Waals surface area contributed by atoms with E-state index in [0.29, 0.717) is 22.8 Å². The average Bonchev–Trinajstić information content (AvgIpc) is 2.70. The molecule has 29 heavy (non-hydrogen) atoms. The molecule has 0 radical (unpaired) electrons. The summed E-state index contributed by atoms with van der Waals surface area (Å²) < 4.78 is 27.4. The largest absolute Gasteiger partial charge is 0.337 e. The lowest BCUT2D eigenvalue weighted by Crippen LogP contribution is -2.26. The summed E-state index contributed by atoms with van der Waals surface area (Å²) in [6, 6.07) is 20.3. The van der Waals surface area contributed by atoms with Crippen molar-refractivity contribution >= 4 is 33.2 Å². The van der Waals surface area contributed by atoms with Crippen LogP contribution in [0.2, 0.25) is 5.02 Å². The number of hydrogen-bond donors (Lipinski definition) is 1. The lowest BCUT2D eigenvalue weighted by Gasteiger charge is -2.18. The molecule has 7 heteroatoms. The van der Waals surface area contributed by atoms with Crippen LogP contribution in [0.25, 0.3) is 0 Å². The van der Waals surface area contributed by atoms with E-state index in [1.165, 1.54) is 29.8 Å². The van der Waals surface area contributed by atoms with Crippen LogP contribution in [0.4, 0.5) is 5.69 Å². The lowest BCUT2D eigenvalue weighted by atomic mass is 10.1. The Morgan fingerprint density at radius 3 is 2.10 bits per heavy atom. The van der Waals surface area contributed by atoms with Gasteiger partial charge in [-0.3, -0.25) is 9.52 Å². The zero-order chi connectivity index (χ0) is 21.0. The SMILES string of the molecule is Cc1ccc(CN(C)C(=O)c2ccc(NS(=O)(=O)c3ccc(Cl)cc3)cc2)cc1. The highest BCUT2D eigenvalue weighted by atomic mass is 35.5. The molecule has 0 unspecified atom stereocenters. The van der Waals surface area contributed by atoms with Gasteiger partial charge in [0.1, 0.15) is 0 Å². The third-order valence-electron chi connectivity index (χ3n) is 4.40. The van der Waals surface area contributed by atoms with Gasteiger partial charge in [0.15, 0.2) is 0 Å². The first-order valence-electron chi connectivity index (χ1n) is 8.94. The van der Waals surface area contributed by atoms with Crippen molar-refractivity contribution in [2.75, 3.05) is 11.8 Å². The number of anilines is 1. The Kier molecular flexibility index (Phi) is 6.25. The molecule has 0 fully saturated rings. The molecule has 150 valence electrons. The van der Waals surface area contributed by atoms with Gasteiger partial charge in [-0.25, -0.2) is 8.42 Å². The molecule has 0 saturated heterocycles. The summed E-state index contributed by atoms with van der Waals surface area (Å²) in [4.78, 5) is 14.4. The molecule has 3 rings (SSSR count). The van der Waals surface area contributed by atoms with Gasteiger partial charge in [0.2, 0.25) is 0 Å². The molecule has 3 aromatic carbocycles. The van der Waals surface area contributed by atoms with E-state index in [1.807, 2.05) is 31.2 Å². The molecule has 0 aliphatic heterocycles. The number of halogens is 1. The molecule has 0 atom stereocenters. The van der Waals surface area contributed by atoms with E-state index < -0.39 is 10.0 Å². The van der Waals surface area contributed by atoms with Crippen LogP contribution >= 0.6 is 11.6 Å². The summed E-state index contributed by atoms with van der Waals surface area (Å²) in [5.74, 6) is -0.141. The van der Waals surface area contributed by atoms with Crippen LogP contribution in [0.1, 0.15) is 21.5 Å². The molecule has 0 saturated carbocycles. The molecule has 5 nitrogen and oxygen atoms in total. The van der Waals surface area contributed by atoms with E-state index in [1.54, 1.807) is 36.2 Å². The summed E-state index contributed by atoms with van der Waals surface area (Å²) in [7, 11) is -1.99. The molecule has 0 bridgehead atoms. The molecule has 0 heterocycles. The molecule has 0 spiro atoms. The van der Waals surface area contributed by atoms with E-state index in [4.69, 9.17) is 11.6 Å². The minimum absolute atomic E-state index is 0.111. The van der Waals surface area contributed by atoms with Crippen molar-refractivity contribution in [2.24, 2.45) is 0 Å². The minimum atomic E-state index is -3.73. The third kappa shape index (κ3) is 5.37. The zero-order valence-electron chi connectivity index (χ0n) is 16.1. The first-order chi connectivity index (χ1) is 13.7. The second-order valence-corrected chi connectivity index (χ2v) is 8.90. The predicted octanol–water partition coefficient (Wildman–Crippen LogP) is 4.72. The maximum Gasteiger partial charge on any atom is 0.261 e. The van der Waals surface area contributed by atoms with E-state index >= 15 is 0 Å². The van der Waals surface area contributed by atoms with Crippen LogP contribution < -0.4 is 4.72 Å². The van der Waals surface area contributed by atoms with Crippen molar-refractivity contribution in [1.29, 1.82) is 0 Å². The molecule has 3 aromatic rings. The maximum absolute atomic E-state index is 12.6. The van der Waals surface area contributed by atoms with Crippen molar-refractivity contribution in [2.45, 2.75) is 18.4 Å². The summed E-state index contributed by atoms with van der Waals surface area (Å²) in [6.07, 6.45) is 0. The Morgan fingerprint density at radius 2 is 1.52 bits per heavy atom. The molecule has 0 aliphatic carbocycles. The monoisotopic (exact) mass is 428 g/mol. The predicted molar refractivity (Wildman–Crippen MR) is 116 cm³/mol. The summed E-state index contributed by atoms with van der Waals surface area (Å²) in [5, 5.41) is 0.460. The minimum Gasteiger partial charge on any atom is -0.337 e. The topological polar surface area (TPSA) is 66.5 Å². The first-order valence-corrected chi connectivity index (χ1v) is 10.8. The molecule has 0 aromatic heterocycles. The number of benzene rings is 3. The van der Waals surface area contributed by atoms with Gasteiger partial charge in [-0.05, 0) is 61.0 Å². The van der Waals surface area contributed by atoms with Crippen molar-refractivity contribution in [3.63, 3.8) is 0 Å². The fourth-order valence-corrected chi connectivity index (χ4v) is 3.95. The van der Waals surface area contributed by atoms with Crippen LogP contribution in [-0.4, -0.2) is 26.3 Å². The van der Waals surface area contributed by atoms with Crippen molar-refractivity contribution in [3.05, 3.63) is 94.5 Å². The number of carbonyl (C=O) groups excluding carboxylic acids is 1. The number of rotatable bonds is 6. The molecule has 1 N–H and O–H groups in total.